The van der Waals surface area contributed by atoms with Crippen LogP contribution in [0.1, 0.15) is 38.3 Å². The van der Waals surface area contributed by atoms with Gasteiger partial charge in [0.15, 0.2) is 0 Å². The molecule has 0 amide bonds. The Hall–Kier alpha value is -1.56. The second kappa shape index (κ2) is 3.98. The van der Waals surface area contributed by atoms with E-state index in [1.807, 2.05) is 0 Å². The molecule has 0 saturated carbocycles. The molecule has 0 bridgehead atoms. The number of rotatable bonds is 1. The minimum atomic E-state index is 0.352. The molecule has 0 aliphatic heterocycles. The van der Waals surface area contributed by atoms with Gasteiger partial charge in [0.2, 0.25) is 0 Å². The van der Waals surface area contributed by atoms with Gasteiger partial charge in [-0.3, -0.25) is 0 Å². The smallest absolute Gasteiger partial charge is 0.00851 e. The lowest BCUT2D eigenvalue weighted by Crippen LogP contribution is -2.05. The first kappa shape index (κ1) is 11.5. The minimum Gasteiger partial charge on any atom is -0.0762 e. The Morgan fingerprint density at radius 1 is 1.00 bits per heavy atom. The number of allylic oxidation sites excluding steroid dienone is 2. The zero-order valence-corrected chi connectivity index (χ0v) is 11.5. The van der Waals surface area contributed by atoms with Crippen LogP contribution in [0.5, 0.6) is 0 Å². The summed E-state index contributed by atoms with van der Waals surface area (Å²) < 4.78 is 0. The van der Waals surface area contributed by atoms with Gasteiger partial charge in [-0.1, -0.05) is 63.2 Å². The van der Waals surface area contributed by atoms with Crippen LogP contribution in [-0.4, -0.2) is 0 Å². The highest BCUT2D eigenvalue weighted by molar-refractivity contribution is 5.97. The summed E-state index contributed by atoms with van der Waals surface area (Å²) in [6.45, 7) is 6.95. The summed E-state index contributed by atoms with van der Waals surface area (Å²) in [7, 11) is 0. The van der Waals surface area contributed by atoms with Crippen molar-refractivity contribution in [2.24, 2.45) is 5.41 Å². The highest BCUT2D eigenvalue weighted by atomic mass is 14.3. The fourth-order valence-corrected chi connectivity index (χ4v) is 2.93. The standard InChI is InChI=1S/C18H20/c1-18(2,3)12-15-11-10-14-9-8-13-6-4-5-7-16(13)17(14)15/h4-9,11H,10,12H2,1-3H3. The Morgan fingerprint density at radius 2 is 1.78 bits per heavy atom. The van der Waals surface area contributed by atoms with Gasteiger partial charge in [-0.05, 0) is 45.7 Å². The van der Waals surface area contributed by atoms with Crippen molar-refractivity contribution in [3.63, 3.8) is 0 Å². The molecule has 0 heterocycles. The number of hydrogen-bond acceptors (Lipinski definition) is 0. The van der Waals surface area contributed by atoms with Crippen LogP contribution in [0.4, 0.5) is 0 Å². The summed E-state index contributed by atoms with van der Waals surface area (Å²) >= 11 is 0. The normalized spacial score (nSPS) is 14.7. The maximum absolute atomic E-state index is 2.42. The van der Waals surface area contributed by atoms with Gasteiger partial charge < -0.3 is 0 Å². The average molecular weight is 236 g/mol. The Kier molecular flexibility index (Phi) is 2.55. The van der Waals surface area contributed by atoms with E-state index in [4.69, 9.17) is 0 Å². The van der Waals surface area contributed by atoms with Crippen LogP contribution < -0.4 is 0 Å². The van der Waals surface area contributed by atoms with Gasteiger partial charge in [-0.2, -0.15) is 0 Å². The molecule has 2 aromatic carbocycles. The van der Waals surface area contributed by atoms with Gasteiger partial charge in [0.05, 0.1) is 0 Å². The van der Waals surface area contributed by atoms with Gasteiger partial charge in [0.1, 0.15) is 0 Å². The Labute approximate surface area is 109 Å². The van der Waals surface area contributed by atoms with Crippen LogP contribution >= 0.6 is 0 Å². The first-order valence-electron chi connectivity index (χ1n) is 6.75. The highest BCUT2D eigenvalue weighted by Gasteiger charge is 2.21. The van der Waals surface area contributed by atoms with E-state index in [0.717, 1.165) is 12.8 Å². The molecule has 3 rings (SSSR count). The van der Waals surface area contributed by atoms with E-state index in [1.165, 1.54) is 27.5 Å². The van der Waals surface area contributed by atoms with Crippen molar-refractivity contribution in [3.05, 3.63) is 53.6 Å². The van der Waals surface area contributed by atoms with E-state index >= 15 is 0 Å². The van der Waals surface area contributed by atoms with Gasteiger partial charge in [-0.15, -0.1) is 0 Å². The van der Waals surface area contributed by atoms with Gasteiger partial charge in [-0.25, -0.2) is 0 Å². The molecule has 18 heavy (non-hydrogen) atoms. The number of benzene rings is 2. The van der Waals surface area contributed by atoms with E-state index in [1.54, 1.807) is 0 Å². The van der Waals surface area contributed by atoms with E-state index in [9.17, 15) is 0 Å². The first-order chi connectivity index (χ1) is 8.54. The maximum atomic E-state index is 2.42. The summed E-state index contributed by atoms with van der Waals surface area (Å²) in [6, 6.07) is 13.3. The molecular formula is C18H20. The number of hydrogen-bond donors (Lipinski definition) is 0. The molecular weight excluding hydrogens is 216 g/mol. The monoisotopic (exact) mass is 236 g/mol. The first-order valence-corrected chi connectivity index (χ1v) is 6.75. The molecule has 0 fully saturated rings. The molecule has 0 heteroatoms. The van der Waals surface area contributed by atoms with Crippen molar-refractivity contribution in [2.45, 2.75) is 33.6 Å². The van der Waals surface area contributed by atoms with E-state index in [2.05, 4.69) is 63.2 Å². The Morgan fingerprint density at radius 3 is 2.56 bits per heavy atom. The molecule has 0 N–H and O–H groups in total. The largest absolute Gasteiger partial charge is 0.0762 e. The molecule has 0 unspecified atom stereocenters. The van der Waals surface area contributed by atoms with Crippen LogP contribution in [-0.2, 0) is 6.42 Å². The van der Waals surface area contributed by atoms with Crippen LogP contribution in [0.3, 0.4) is 0 Å². The predicted octanol–water partition coefficient (Wildman–Crippen LogP) is 5.22. The van der Waals surface area contributed by atoms with Crippen molar-refractivity contribution >= 4 is 16.3 Å². The molecule has 0 radical (unpaired) electrons. The van der Waals surface area contributed by atoms with E-state index in [0.29, 0.717) is 5.41 Å². The SMILES string of the molecule is CC(C)(C)CC1=CCc2ccc3ccccc3c21. The average Bonchev–Trinajstić information content (AvgIpc) is 2.70. The minimum absolute atomic E-state index is 0.352. The molecule has 0 atom stereocenters. The molecule has 92 valence electrons. The fraction of sp³-hybridized carbons (Fsp3) is 0.333. The highest BCUT2D eigenvalue weighted by Crippen LogP contribution is 2.39. The lowest BCUT2D eigenvalue weighted by Gasteiger charge is -2.20. The zero-order valence-electron chi connectivity index (χ0n) is 11.5. The maximum Gasteiger partial charge on any atom is -0.00851 e. The van der Waals surface area contributed by atoms with Crippen molar-refractivity contribution in [1.82, 2.24) is 0 Å². The van der Waals surface area contributed by atoms with Crippen LogP contribution in [0.2, 0.25) is 0 Å². The molecule has 1 aliphatic rings. The van der Waals surface area contributed by atoms with Crippen molar-refractivity contribution in [1.29, 1.82) is 0 Å². The van der Waals surface area contributed by atoms with Crippen LogP contribution in [0.25, 0.3) is 16.3 Å². The molecule has 0 spiro atoms. The summed E-state index contributed by atoms with van der Waals surface area (Å²) in [4.78, 5) is 0. The van der Waals surface area contributed by atoms with Gasteiger partial charge >= 0.3 is 0 Å². The molecule has 0 nitrogen and oxygen atoms in total. The van der Waals surface area contributed by atoms with E-state index < -0.39 is 0 Å². The molecule has 2 aromatic rings. The molecule has 1 aliphatic carbocycles. The third kappa shape index (κ3) is 1.96. The zero-order chi connectivity index (χ0) is 12.8. The van der Waals surface area contributed by atoms with Crippen LogP contribution in [0.15, 0.2) is 42.5 Å². The predicted molar refractivity (Wildman–Crippen MR) is 79.7 cm³/mol. The summed E-state index contributed by atoms with van der Waals surface area (Å²) in [5.74, 6) is 0. The third-order valence-electron chi connectivity index (χ3n) is 3.63. The second-order valence-electron chi connectivity index (χ2n) is 6.49. The van der Waals surface area contributed by atoms with Crippen molar-refractivity contribution in [3.8, 4) is 0 Å². The van der Waals surface area contributed by atoms with Gasteiger partial charge in [0.25, 0.3) is 0 Å². The lowest BCUT2D eigenvalue weighted by atomic mass is 9.85. The lowest BCUT2D eigenvalue weighted by molar-refractivity contribution is 0.427. The third-order valence-corrected chi connectivity index (χ3v) is 3.63. The molecule has 0 saturated heterocycles. The Balaban J connectivity index is 2.15. The van der Waals surface area contributed by atoms with Crippen molar-refractivity contribution in [2.75, 3.05) is 0 Å². The summed E-state index contributed by atoms with van der Waals surface area (Å²) in [5.41, 5.74) is 4.88. The Bertz CT molecular complexity index is 624. The van der Waals surface area contributed by atoms with Crippen LogP contribution in [0, 0.1) is 5.41 Å². The summed E-state index contributed by atoms with van der Waals surface area (Å²) in [5, 5.41) is 2.78. The summed E-state index contributed by atoms with van der Waals surface area (Å²) in [6.07, 6.45) is 4.68. The quantitative estimate of drug-likeness (QED) is 0.637. The van der Waals surface area contributed by atoms with Gasteiger partial charge in [0, 0.05) is 0 Å². The van der Waals surface area contributed by atoms with E-state index in [-0.39, 0.29) is 0 Å². The second-order valence-corrected chi connectivity index (χ2v) is 6.49. The van der Waals surface area contributed by atoms with Crippen molar-refractivity contribution < 1.29 is 0 Å². The molecule has 0 aromatic heterocycles. The fourth-order valence-electron chi connectivity index (χ4n) is 2.93. The number of fused-ring (bicyclic) bond motifs is 3. The topological polar surface area (TPSA) is 0 Å².